The molecule has 0 aliphatic rings. The molecule has 1 heterocycles. The highest BCUT2D eigenvalue weighted by Crippen LogP contribution is 2.30. The average Bonchev–Trinajstić information content (AvgIpc) is 2.25. The lowest BCUT2D eigenvalue weighted by Crippen LogP contribution is -1.90. The fraction of sp³-hybridized carbons (Fsp3) is 0. The van der Waals surface area contributed by atoms with Crippen LogP contribution in [-0.4, -0.2) is 4.98 Å². The van der Waals surface area contributed by atoms with Crippen LogP contribution < -0.4 is 5.73 Å². The van der Waals surface area contributed by atoms with E-state index in [4.69, 9.17) is 5.73 Å². The molecule has 0 unspecified atom stereocenters. The lowest BCUT2D eigenvalue weighted by molar-refractivity contribution is 1.14. The van der Waals surface area contributed by atoms with Gasteiger partial charge in [0, 0.05) is 15.6 Å². The number of anilines is 1. The van der Waals surface area contributed by atoms with E-state index < -0.39 is 0 Å². The number of halogens is 1. The van der Waals surface area contributed by atoms with Gasteiger partial charge in [0.15, 0.2) is 0 Å². The molecule has 0 fully saturated rings. The molecular formula is C11H9BrN2S. The second kappa shape index (κ2) is 4.68. The van der Waals surface area contributed by atoms with E-state index in [0.717, 1.165) is 14.4 Å². The maximum absolute atomic E-state index is 5.81. The Kier molecular flexibility index (Phi) is 3.28. The molecule has 0 saturated heterocycles. The molecule has 4 heteroatoms. The summed E-state index contributed by atoms with van der Waals surface area (Å²) < 4.78 is 1.07. The molecule has 0 amide bonds. The SMILES string of the molecule is Nc1cccnc1Sc1ccc(Br)cc1. The van der Waals surface area contributed by atoms with Gasteiger partial charge < -0.3 is 5.73 Å². The molecule has 15 heavy (non-hydrogen) atoms. The zero-order valence-electron chi connectivity index (χ0n) is 7.85. The number of nitrogens with two attached hydrogens (primary N) is 1. The Morgan fingerprint density at radius 1 is 1.13 bits per heavy atom. The smallest absolute Gasteiger partial charge is 0.124 e. The van der Waals surface area contributed by atoms with Crippen molar-refractivity contribution in [3.63, 3.8) is 0 Å². The van der Waals surface area contributed by atoms with E-state index in [9.17, 15) is 0 Å². The third-order valence-electron chi connectivity index (χ3n) is 1.83. The zero-order valence-corrected chi connectivity index (χ0v) is 10.3. The van der Waals surface area contributed by atoms with E-state index in [1.54, 1.807) is 18.0 Å². The number of hydrogen-bond acceptors (Lipinski definition) is 3. The molecule has 2 N–H and O–H groups in total. The van der Waals surface area contributed by atoms with Gasteiger partial charge in [0.25, 0.3) is 0 Å². The quantitative estimate of drug-likeness (QED) is 0.914. The highest BCUT2D eigenvalue weighted by Gasteiger charge is 2.01. The Labute approximate surface area is 101 Å². The van der Waals surface area contributed by atoms with Gasteiger partial charge in [0.1, 0.15) is 5.03 Å². The minimum Gasteiger partial charge on any atom is -0.397 e. The summed E-state index contributed by atoms with van der Waals surface area (Å²) in [4.78, 5) is 5.35. The first kappa shape index (κ1) is 10.5. The molecular weight excluding hydrogens is 272 g/mol. The maximum atomic E-state index is 5.81. The first-order chi connectivity index (χ1) is 7.25. The Balaban J connectivity index is 2.22. The lowest BCUT2D eigenvalue weighted by Gasteiger charge is -2.03. The Hall–Kier alpha value is -1.00. The summed E-state index contributed by atoms with van der Waals surface area (Å²) in [5, 5.41) is 0.847. The van der Waals surface area contributed by atoms with Gasteiger partial charge in [-0.15, -0.1) is 0 Å². The predicted molar refractivity (Wildman–Crippen MR) is 66.9 cm³/mol. The first-order valence-electron chi connectivity index (χ1n) is 4.39. The average molecular weight is 281 g/mol. The summed E-state index contributed by atoms with van der Waals surface area (Å²) in [6, 6.07) is 11.8. The molecule has 0 saturated carbocycles. The van der Waals surface area contributed by atoms with Crippen LogP contribution in [0.1, 0.15) is 0 Å². The summed E-state index contributed by atoms with van der Waals surface area (Å²) in [7, 11) is 0. The van der Waals surface area contributed by atoms with E-state index in [2.05, 4.69) is 20.9 Å². The van der Waals surface area contributed by atoms with Gasteiger partial charge >= 0.3 is 0 Å². The Bertz CT molecular complexity index is 456. The summed E-state index contributed by atoms with van der Waals surface area (Å²) >= 11 is 4.96. The fourth-order valence-corrected chi connectivity index (χ4v) is 2.16. The maximum Gasteiger partial charge on any atom is 0.124 e. The molecule has 1 aromatic heterocycles. The van der Waals surface area contributed by atoms with Crippen LogP contribution in [0.5, 0.6) is 0 Å². The van der Waals surface area contributed by atoms with Gasteiger partial charge in [-0.1, -0.05) is 27.7 Å². The van der Waals surface area contributed by atoms with Crippen molar-refractivity contribution in [2.45, 2.75) is 9.92 Å². The molecule has 0 spiro atoms. The number of rotatable bonds is 2. The number of hydrogen-bond donors (Lipinski definition) is 1. The minimum absolute atomic E-state index is 0.713. The molecule has 1 aromatic carbocycles. The molecule has 0 bridgehead atoms. The van der Waals surface area contributed by atoms with Crippen LogP contribution in [0.2, 0.25) is 0 Å². The zero-order chi connectivity index (χ0) is 10.7. The molecule has 76 valence electrons. The van der Waals surface area contributed by atoms with E-state index >= 15 is 0 Å². The van der Waals surface area contributed by atoms with Crippen LogP contribution in [-0.2, 0) is 0 Å². The van der Waals surface area contributed by atoms with Crippen molar-refractivity contribution in [3.8, 4) is 0 Å². The molecule has 0 aliphatic heterocycles. The Morgan fingerprint density at radius 3 is 2.53 bits per heavy atom. The van der Waals surface area contributed by atoms with E-state index in [0.29, 0.717) is 5.69 Å². The number of benzene rings is 1. The molecule has 0 aliphatic carbocycles. The van der Waals surface area contributed by atoms with Crippen LogP contribution in [0.25, 0.3) is 0 Å². The monoisotopic (exact) mass is 280 g/mol. The van der Waals surface area contributed by atoms with E-state index in [1.165, 1.54) is 0 Å². The van der Waals surface area contributed by atoms with Crippen molar-refractivity contribution in [1.82, 2.24) is 4.98 Å². The van der Waals surface area contributed by atoms with Gasteiger partial charge in [-0.25, -0.2) is 4.98 Å². The van der Waals surface area contributed by atoms with Crippen molar-refractivity contribution >= 4 is 33.4 Å². The van der Waals surface area contributed by atoms with Gasteiger partial charge in [-0.2, -0.15) is 0 Å². The normalized spacial score (nSPS) is 10.2. The van der Waals surface area contributed by atoms with Crippen molar-refractivity contribution in [3.05, 3.63) is 47.1 Å². The molecule has 2 rings (SSSR count). The third kappa shape index (κ3) is 2.73. The van der Waals surface area contributed by atoms with E-state index in [1.807, 2.05) is 36.4 Å². The molecule has 0 atom stereocenters. The van der Waals surface area contributed by atoms with Crippen molar-refractivity contribution < 1.29 is 0 Å². The van der Waals surface area contributed by atoms with Gasteiger partial charge in [0.2, 0.25) is 0 Å². The first-order valence-corrected chi connectivity index (χ1v) is 6.00. The molecule has 0 radical (unpaired) electrons. The van der Waals surface area contributed by atoms with Crippen LogP contribution in [0.15, 0.2) is 57.0 Å². The van der Waals surface area contributed by atoms with Crippen molar-refractivity contribution in [2.24, 2.45) is 0 Å². The van der Waals surface area contributed by atoms with Crippen LogP contribution >= 0.6 is 27.7 Å². The second-order valence-electron chi connectivity index (χ2n) is 2.95. The minimum atomic E-state index is 0.713. The number of nitrogen functional groups attached to an aromatic ring is 1. The molecule has 2 nitrogen and oxygen atoms in total. The summed E-state index contributed by atoms with van der Waals surface area (Å²) in [6.07, 6.45) is 1.75. The predicted octanol–water partition coefficient (Wildman–Crippen LogP) is 3.58. The molecule has 2 aromatic rings. The second-order valence-corrected chi connectivity index (χ2v) is 4.93. The summed E-state index contributed by atoms with van der Waals surface area (Å²) in [5.41, 5.74) is 6.52. The van der Waals surface area contributed by atoms with Gasteiger partial charge in [-0.3, -0.25) is 0 Å². The largest absolute Gasteiger partial charge is 0.397 e. The van der Waals surface area contributed by atoms with Crippen LogP contribution in [0.3, 0.4) is 0 Å². The lowest BCUT2D eigenvalue weighted by atomic mass is 10.4. The number of aromatic nitrogens is 1. The third-order valence-corrected chi connectivity index (χ3v) is 3.40. The van der Waals surface area contributed by atoms with E-state index in [-0.39, 0.29) is 0 Å². The highest BCUT2D eigenvalue weighted by atomic mass is 79.9. The topological polar surface area (TPSA) is 38.9 Å². The van der Waals surface area contributed by atoms with Crippen LogP contribution in [0, 0.1) is 0 Å². The standard InChI is InChI=1S/C11H9BrN2S/c12-8-3-5-9(6-4-8)15-11-10(13)2-1-7-14-11/h1-7H,13H2. The fourth-order valence-electron chi connectivity index (χ4n) is 1.10. The summed E-state index contributed by atoms with van der Waals surface area (Å²) in [5.74, 6) is 0. The van der Waals surface area contributed by atoms with Crippen molar-refractivity contribution in [1.29, 1.82) is 0 Å². The number of pyridine rings is 1. The summed E-state index contributed by atoms with van der Waals surface area (Å²) in [6.45, 7) is 0. The van der Waals surface area contributed by atoms with Gasteiger partial charge in [-0.05, 0) is 36.4 Å². The van der Waals surface area contributed by atoms with Crippen molar-refractivity contribution in [2.75, 3.05) is 5.73 Å². The highest BCUT2D eigenvalue weighted by molar-refractivity contribution is 9.10. The Morgan fingerprint density at radius 2 is 1.87 bits per heavy atom. The van der Waals surface area contributed by atoms with Crippen LogP contribution in [0.4, 0.5) is 5.69 Å². The van der Waals surface area contributed by atoms with Gasteiger partial charge in [0.05, 0.1) is 5.69 Å². The number of nitrogens with zero attached hydrogens (tertiary/aromatic N) is 1.